The summed E-state index contributed by atoms with van der Waals surface area (Å²) < 4.78 is 4.93. The number of amides is 1. The zero-order valence-electron chi connectivity index (χ0n) is 9.27. The van der Waals surface area contributed by atoms with E-state index in [4.69, 9.17) is 10.2 Å². The Balaban J connectivity index is 2.46. The van der Waals surface area contributed by atoms with Crippen molar-refractivity contribution in [1.82, 2.24) is 4.90 Å². The lowest BCUT2D eigenvalue weighted by molar-refractivity contribution is -0.131. The van der Waals surface area contributed by atoms with E-state index in [1.165, 1.54) is 0 Å². The third kappa shape index (κ3) is 3.40. The second-order valence-electron chi connectivity index (χ2n) is 3.72. The summed E-state index contributed by atoms with van der Waals surface area (Å²) in [6, 6.07) is 1.46. The van der Waals surface area contributed by atoms with Crippen LogP contribution in [0.2, 0.25) is 0 Å². The number of hydrogen-bond acceptors (Lipinski definition) is 3. The van der Waals surface area contributed by atoms with Crippen molar-refractivity contribution in [3.05, 3.63) is 24.2 Å². The number of carbonyl (C=O) groups excluding carboxylic acids is 1. The van der Waals surface area contributed by atoms with E-state index in [9.17, 15) is 4.79 Å². The summed E-state index contributed by atoms with van der Waals surface area (Å²) in [5.41, 5.74) is 6.72. The van der Waals surface area contributed by atoms with Crippen LogP contribution in [0.15, 0.2) is 23.0 Å². The Morgan fingerprint density at radius 1 is 1.67 bits per heavy atom. The molecule has 0 unspecified atom stereocenters. The summed E-state index contributed by atoms with van der Waals surface area (Å²) in [5.74, 6) is -0.0157. The summed E-state index contributed by atoms with van der Waals surface area (Å²) in [5, 5.41) is 0. The molecule has 1 aromatic rings. The Morgan fingerprint density at radius 3 is 2.93 bits per heavy atom. The van der Waals surface area contributed by atoms with Crippen LogP contribution < -0.4 is 5.73 Å². The lowest BCUT2D eigenvalue weighted by atomic mass is 10.1. The number of likely N-dealkylation sites (N-methyl/N-ethyl adjacent to an activating group) is 1. The van der Waals surface area contributed by atoms with Crippen molar-refractivity contribution < 1.29 is 9.21 Å². The van der Waals surface area contributed by atoms with Gasteiger partial charge in [-0.2, -0.15) is 0 Å². The molecular weight excluding hydrogens is 192 g/mol. The van der Waals surface area contributed by atoms with Gasteiger partial charge in [0.05, 0.1) is 18.6 Å². The van der Waals surface area contributed by atoms with E-state index in [1.54, 1.807) is 24.5 Å². The second kappa shape index (κ2) is 5.56. The average Bonchev–Trinajstić information content (AvgIpc) is 2.69. The monoisotopic (exact) mass is 210 g/mol. The summed E-state index contributed by atoms with van der Waals surface area (Å²) in [7, 11) is 1.75. The van der Waals surface area contributed by atoms with Gasteiger partial charge in [0.1, 0.15) is 0 Å². The second-order valence-corrected chi connectivity index (χ2v) is 3.72. The summed E-state index contributed by atoms with van der Waals surface area (Å²) in [4.78, 5) is 13.4. The van der Waals surface area contributed by atoms with E-state index in [1.807, 2.05) is 13.0 Å². The van der Waals surface area contributed by atoms with Gasteiger partial charge in [0.15, 0.2) is 0 Å². The van der Waals surface area contributed by atoms with Crippen LogP contribution in [0.4, 0.5) is 0 Å². The maximum absolute atomic E-state index is 11.7. The third-order valence-corrected chi connectivity index (χ3v) is 2.29. The van der Waals surface area contributed by atoms with Crippen molar-refractivity contribution >= 4 is 5.91 Å². The van der Waals surface area contributed by atoms with Crippen molar-refractivity contribution in [2.45, 2.75) is 32.4 Å². The van der Waals surface area contributed by atoms with Gasteiger partial charge in [-0.25, -0.2) is 0 Å². The van der Waals surface area contributed by atoms with E-state index in [0.717, 1.165) is 18.4 Å². The van der Waals surface area contributed by atoms with Crippen LogP contribution >= 0.6 is 0 Å². The zero-order valence-corrected chi connectivity index (χ0v) is 9.27. The fourth-order valence-corrected chi connectivity index (χ4v) is 1.45. The van der Waals surface area contributed by atoms with Crippen molar-refractivity contribution in [2.24, 2.45) is 5.73 Å². The molecule has 4 nitrogen and oxygen atoms in total. The highest BCUT2D eigenvalue weighted by Crippen LogP contribution is 2.06. The molecule has 1 atom stereocenters. The number of rotatable bonds is 5. The number of carbonyl (C=O) groups is 1. The third-order valence-electron chi connectivity index (χ3n) is 2.29. The molecule has 84 valence electrons. The zero-order chi connectivity index (χ0) is 11.3. The van der Waals surface area contributed by atoms with Crippen LogP contribution in [0.5, 0.6) is 0 Å². The molecule has 0 radical (unpaired) electrons. The average molecular weight is 210 g/mol. The number of hydrogen-bond donors (Lipinski definition) is 1. The van der Waals surface area contributed by atoms with Crippen LogP contribution in [-0.4, -0.2) is 23.9 Å². The molecule has 0 aromatic carbocycles. The standard InChI is InChI=1S/C11H18N2O2/c1-3-4-10(12)11(14)13(2)7-9-5-6-15-8-9/h5-6,8,10H,3-4,7,12H2,1-2H3/t10-/m0/s1. The van der Waals surface area contributed by atoms with E-state index >= 15 is 0 Å². The summed E-state index contributed by atoms with van der Waals surface area (Å²) in [6.45, 7) is 2.57. The van der Waals surface area contributed by atoms with Crippen molar-refractivity contribution in [1.29, 1.82) is 0 Å². The molecule has 1 aromatic heterocycles. The molecule has 0 aliphatic heterocycles. The minimum Gasteiger partial charge on any atom is -0.472 e. The first kappa shape index (κ1) is 11.8. The smallest absolute Gasteiger partial charge is 0.239 e. The Morgan fingerprint density at radius 2 is 2.40 bits per heavy atom. The first-order valence-corrected chi connectivity index (χ1v) is 5.16. The van der Waals surface area contributed by atoms with E-state index in [-0.39, 0.29) is 11.9 Å². The molecule has 0 aliphatic carbocycles. The van der Waals surface area contributed by atoms with E-state index in [2.05, 4.69) is 0 Å². The van der Waals surface area contributed by atoms with E-state index < -0.39 is 0 Å². The molecule has 0 fully saturated rings. The Hall–Kier alpha value is -1.29. The van der Waals surface area contributed by atoms with Gasteiger partial charge in [-0.1, -0.05) is 13.3 Å². The molecule has 0 aliphatic rings. The Bertz CT molecular complexity index is 296. The van der Waals surface area contributed by atoms with Crippen LogP contribution in [0.25, 0.3) is 0 Å². The molecular formula is C11H18N2O2. The molecule has 4 heteroatoms. The predicted molar refractivity (Wildman–Crippen MR) is 58.1 cm³/mol. The quantitative estimate of drug-likeness (QED) is 0.798. The largest absolute Gasteiger partial charge is 0.472 e. The highest BCUT2D eigenvalue weighted by atomic mass is 16.3. The topological polar surface area (TPSA) is 59.5 Å². The molecule has 0 bridgehead atoms. The van der Waals surface area contributed by atoms with Crippen LogP contribution in [0.3, 0.4) is 0 Å². The highest BCUT2D eigenvalue weighted by Gasteiger charge is 2.17. The van der Waals surface area contributed by atoms with Gasteiger partial charge in [-0.3, -0.25) is 4.79 Å². The van der Waals surface area contributed by atoms with Crippen molar-refractivity contribution in [3.63, 3.8) is 0 Å². The van der Waals surface area contributed by atoms with Gasteiger partial charge in [0.2, 0.25) is 5.91 Å². The number of furan rings is 1. The van der Waals surface area contributed by atoms with Crippen LogP contribution in [-0.2, 0) is 11.3 Å². The number of nitrogens with zero attached hydrogens (tertiary/aromatic N) is 1. The van der Waals surface area contributed by atoms with Crippen LogP contribution in [0, 0.1) is 0 Å². The van der Waals surface area contributed by atoms with Gasteiger partial charge >= 0.3 is 0 Å². The SMILES string of the molecule is CCC[C@H](N)C(=O)N(C)Cc1ccoc1. The highest BCUT2D eigenvalue weighted by molar-refractivity contribution is 5.81. The lowest BCUT2D eigenvalue weighted by Crippen LogP contribution is -2.41. The first-order valence-electron chi connectivity index (χ1n) is 5.16. The molecule has 0 saturated heterocycles. The first-order chi connectivity index (χ1) is 7.15. The normalized spacial score (nSPS) is 12.5. The minimum atomic E-state index is -0.382. The van der Waals surface area contributed by atoms with E-state index in [0.29, 0.717) is 6.54 Å². The minimum absolute atomic E-state index is 0.0157. The molecule has 1 amide bonds. The molecule has 2 N–H and O–H groups in total. The maximum Gasteiger partial charge on any atom is 0.239 e. The van der Waals surface area contributed by atoms with Gasteiger partial charge in [-0.05, 0) is 12.5 Å². The Labute approximate surface area is 90.0 Å². The molecule has 0 spiro atoms. The van der Waals surface area contributed by atoms with Crippen LogP contribution in [0.1, 0.15) is 25.3 Å². The summed E-state index contributed by atoms with van der Waals surface area (Å²) in [6.07, 6.45) is 4.88. The predicted octanol–water partition coefficient (Wildman–Crippen LogP) is 1.37. The molecule has 1 rings (SSSR count). The summed E-state index contributed by atoms with van der Waals surface area (Å²) >= 11 is 0. The fraction of sp³-hybridized carbons (Fsp3) is 0.545. The molecule has 1 heterocycles. The van der Waals surface area contributed by atoms with Crippen molar-refractivity contribution in [3.8, 4) is 0 Å². The van der Waals surface area contributed by atoms with Gasteiger partial charge in [-0.15, -0.1) is 0 Å². The van der Waals surface area contributed by atoms with Gasteiger partial charge in [0, 0.05) is 19.2 Å². The van der Waals surface area contributed by atoms with Gasteiger partial charge in [0.25, 0.3) is 0 Å². The number of nitrogens with two attached hydrogens (primary N) is 1. The van der Waals surface area contributed by atoms with Gasteiger partial charge < -0.3 is 15.1 Å². The van der Waals surface area contributed by atoms with Crippen molar-refractivity contribution in [2.75, 3.05) is 7.05 Å². The molecule has 0 saturated carbocycles. The lowest BCUT2D eigenvalue weighted by Gasteiger charge is -2.20. The fourth-order valence-electron chi connectivity index (χ4n) is 1.45. The molecule has 15 heavy (non-hydrogen) atoms. The Kier molecular flexibility index (Phi) is 4.37. The maximum atomic E-state index is 11.7.